The molecule has 0 fully saturated rings. The summed E-state index contributed by atoms with van der Waals surface area (Å²) in [5, 5.41) is 0. The van der Waals surface area contributed by atoms with Crippen LogP contribution in [0.2, 0.25) is 0 Å². The van der Waals surface area contributed by atoms with Crippen molar-refractivity contribution in [2.24, 2.45) is 17.2 Å². The van der Waals surface area contributed by atoms with Gasteiger partial charge in [-0.3, -0.25) is 4.90 Å². The Morgan fingerprint density at radius 2 is 0.720 bits per heavy atom. The van der Waals surface area contributed by atoms with Gasteiger partial charge in [0.2, 0.25) is 0 Å². The molecule has 10 heteroatoms. The maximum Gasteiger partial charge on any atom is 0.146 e. The number of nitrogens with zero attached hydrogens (tertiary/aromatic N) is 1. The molecule has 25 heavy (non-hydrogen) atoms. The van der Waals surface area contributed by atoms with Gasteiger partial charge < -0.3 is 45.6 Å². The molecule has 0 spiro atoms. The van der Waals surface area contributed by atoms with Crippen molar-refractivity contribution in [2.45, 2.75) is 0 Å². The van der Waals surface area contributed by atoms with Gasteiger partial charge in [0, 0.05) is 39.3 Å². The van der Waals surface area contributed by atoms with Gasteiger partial charge in [0.15, 0.2) is 0 Å². The van der Waals surface area contributed by atoms with E-state index in [9.17, 15) is 0 Å². The molecule has 0 rings (SSSR count). The molecule has 152 valence electrons. The van der Waals surface area contributed by atoms with E-state index < -0.39 is 0 Å². The van der Waals surface area contributed by atoms with Gasteiger partial charge in [-0.15, -0.1) is 0 Å². The van der Waals surface area contributed by atoms with Crippen LogP contribution in [0, 0.1) is 0 Å². The molecule has 6 N–H and O–H groups in total. The highest BCUT2D eigenvalue weighted by atomic mass is 16.7. The summed E-state index contributed by atoms with van der Waals surface area (Å²) >= 11 is 0. The summed E-state index contributed by atoms with van der Waals surface area (Å²) < 4.78 is 31.7. The van der Waals surface area contributed by atoms with E-state index in [1.165, 1.54) is 0 Å². The third kappa shape index (κ3) is 19.8. The van der Waals surface area contributed by atoms with Gasteiger partial charge in [-0.1, -0.05) is 0 Å². The van der Waals surface area contributed by atoms with Crippen molar-refractivity contribution < 1.29 is 28.4 Å². The quantitative estimate of drug-likeness (QED) is 0.156. The molecule has 0 aliphatic heterocycles. The van der Waals surface area contributed by atoms with Crippen LogP contribution in [0.5, 0.6) is 0 Å². The van der Waals surface area contributed by atoms with E-state index in [2.05, 4.69) is 4.90 Å². The van der Waals surface area contributed by atoms with Crippen LogP contribution < -0.4 is 17.2 Å². The van der Waals surface area contributed by atoms with Gasteiger partial charge in [-0.25, -0.2) is 0 Å². The van der Waals surface area contributed by atoms with Crippen molar-refractivity contribution >= 4 is 0 Å². The van der Waals surface area contributed by atoms with Crippen LogP contribution in [-0.2, 0) is 28.4 Å². The van der Waals surface area contributed by atoms with E-state index >= 15 is 0 Å². The molecule has 0 amide bonds. The largest absolute Gasteiger partial charge is 0.354 e. The summed E-state index contributed by atoms with van der Waals surface area (Å²) in [7, 11) is 0. The lowest BCUT2D eigenvalue weighted by atomic mass is 10.4. The molecule has 0 atom stereocenters. The first kappa shape index (κ1) is 24.6. The normalized spacial score (nSPS) is 11.5. The van der Waals surface area contributed by atoms with Gasteiger partial charge in [0.1, 0.15) is 20.4 Å². The lowest BCUT2D eigenvalue weighted by Gasteiger charge is -2.22. The van der Waals surface area contributed by atoms with Crippen LogP contribution in [-0.4, -0.2) is 104 Å². The van der Waals surface area contributed by atoms with Crippen LogP contribution in [0.1, 0.15) is 0 Å². The molecule has 0 radical (unpaired) electrons. The van der Waals surface area contributed by atoms with Crippen molar-refractivity contribution in [3.8, 4) is 0 Å². The minimum absolute atomic E-state index is 0.248. The summed E-state index contributed by atoms with van der Waals surface area (Å²) in [6.45, 7) is 7.59. The average Bonchev–Trinajstić information content (AvgIpc) is 2.63. The molecule has 10 nitrogen and oxygen atoms in total. The Hall–Kier alpha value is -0.400. The van der Waals surface area contributed by atoms with E-state index in [0.717, 1.165) is 19.6 Å². The minimum Gasteiger partial charge on any atom is -0.354 e. The molecule has 0 unspecified atom stereocenters. The van der Waals surface area contributed by atoms with Crippen LogP contribution in [0.4, 0.5) is 0 Å². The smallest absolute Gasteiger partial charge is 0.146 e. The Kier molecular flexibility index (Phi) is 21.3. The molecule has 0 saturated heterocycles. The number of hydrogen-bond acceptors (Lipinski definition) is 10. The maximum atomic E-state index is 5.41. The molecule has 0 aromatic heterocycles. The van der Waals surface area contributed by atoms with Crippen molar-refractivity contribution in [3.63, 3.8) is 0 Å². The first-order chi connectivity index (χ1) is 12.3. The van der Waals surface area contributed by atoms with Gasteiger partial charge in [0.05, 0.1) is 39.6 Å². The van der Waals surface area contributed by atoms with Crippen LogP contribution in [0.25, 0.3) is 0 Å². The molecular weight excluding hydrogens is 332 g/mol. The molecule has 0 heterocycles. The highest BCUT2D eigenvalue weighted by molar-refractivity contribution is 4.56. The summed E-state index contributed by atoms with van der Waals surface area (Å²) in [6.07, 6.45) is 0. The van der Waals surface area contributed by atoms with Gasteiger partial charge in [-0.05, 0) is 0 Å². The third-order valence-electron chi connectivity index (χ3n) is 2.94. The number of rotatable bonds is 21. The fraction of sp³-hybridized carbons (Fsp3) is 1.00. The molecule has 0 aromatic carbocycles. The summed E-state index contributed by atoms with van der Waals surface area (Å²) in [5.41, 5.74) is 16.0. The lowest BCUT2D eigenvalue weighted by Crippen LogP contribution is -2.34. The van der Waals surface area contributed by atoms with Crippen molar-refractivity contribution in [3.05, 3.63) is 0 Å². The Morgan fingerprint density at radius 1 is 0.440 bits per heavy atom. The molecule has 0 saturated carbocycles. The first-order valence-electron chi connectivity index (χ1n) is 8.64. The molecule has 0 bridgehead atoms. The standard InChI is InChI=1S/C15H36N4O6/c16-1-7-20-13-23-10-4-19(5-11-24-14-21-8-2-17)6-12-25-15-22-9-3-18/h1-18H2. The van der Waals surface area contributed by atoms with E-state index in [1.54, 1.807) is 0 Å². The van der Waals surface area contributed by atoms with E-state index in [4.69, 9.17) is 45.6 Å². The van der Waals surface area contributed by atoms with E-state index in [-0.39, 0.29) is 20.4 Å². The number of hydrogen-bond donors (Lipinski definition) is 3. The third-order valence-corrected chi connectivity index (χ3v) is 2.94. The second kappa shape index (κ2) is 21.6. The van der Waals surface area contributed by atoms with Crippen LogP contribution in [0.3, 0.4) is 0 Å². The van der Waals surface area contributed by atoms with Crippen LogP contribution >= 0.6 is 0 Å². The lowest BCUT2D eigenvalue weighted by molar-refractivity contribution is -0.0753. The molecular formula is C15H36N4O6. The second-order valence-corrected chi connectivity index (χ2v) is 5.01. The van der Waals surface area contributed by atoms with Crippen molar-refractivity contribution in [1.29, 1.82) is 0 Å². The zero-order valence-corrected chi connectivity index (χ0v) is 15.2. The monoisotopic (exact) mass is 368 g/mol. The zero-order valence-electron chi connectivity index (χ0n) is 15.2. The molecule has 0 aliphatic rings. The topological polar surface area (TPSA) is 137 Å². The highest BCUT2D eigenvalue weighted by Crippen LogP contribution is 1.92. The SMILES string of the molecule is NCCOCOCCN(CCOCOCCN)CCOCOCCN. The first-order valence-corrected chi connectivity index (χ1v) is 8.64. The van der Waals surface area contributed by atoms with Gasteiger partial charge in [0.25, 0.3) is 0 Å². The van der Waals surface area contributed by atoms with E-state index in [0.29, 0.717) is 59.3 Å². The van der Waals surface area contributed by atoms with Crippen molar-refractivity contribution in [1.82, 2.24) is 4.90 Å². The Morgan fingerprint density at radius 3 is 1.00 bits per heavy atom. The van der Waals surface area contributed by atoms with Gasteiger partial charge in [-0.2, -0.15) is 0 Å². The predicted octanol–water partition coefficient (Wildman–Crippen LogP) is -1.86. The predicted molar refractivity (Wildman–Crippen MR) is 93.9 cm³/mol. The van der Waals surface area contributed by atoms with E-state index in [1.807, 2.05) is 0 Å². The number of ether oxygens (including phenoxy) is 6. The fourth-order valence-corrected chi connectivity index (χ4v) is 1.70. The summed E-state index contributed by atoms with van der Waals surface area (Å²) in [5.74, 6) is 0. The minimum atomic E-state index is 0.248. The molecule has 0 aromatic rings. The molecule has 0 aliphatic carbocycles. The Balaban J connectivity index is 3.76. The summed E-state index contributed by atoms with van der Waals surface area (Å²) in [4.78, 5) is 2.18. The summed E-state index contributed by atoms with van der Waals surface area (Å²) in [6, 6.07) is 0. The fourth-order valence-electron chi connectivity index (χ4n) is 1.70. The van der Waals surface area contributed by atoms with Crippen molar-refractivity contribution in [2.75, 3.05) is 99.3 Å². The van der Waals surface area contributed by atoms with Crippen LogP contribution in [0.15, 0.2) is 0 Å². The zero-order chi connectivity index (χ0) is 18.4. The van der Waals surface area contributed by atoms with Gasteiger partial charge >= 0.3 is 0 Å². The second-order valence-electron chi connectivity index (χ2n) is 5.01. The number of nitrogens with two attached hydrogens (primary N) is 3. The Bertz CT molecular complexity index is 216. The highest BCUT2D eigenvalue weighted by Gasteiger charge is 2.05. The Labute approximate surface area is 150 Å². The average molecular weight is 368 g/mol. The maximum absolute atomic E-state index is 5.41.